The fourth-order valence-corrected chi connectivity index (χ4v) is 3.87. The number of nitrogens with two attached hydrogens (primary N) is 1. The van der Waals surface area contributed by atoms with Crippen LogP contribution in [0.25, 0.3) is 11.2 Å². The Morgan fingerprint density at radius 1 is 1.60 bits per heavy atom. The fraction of sp³-hybridized carbons (Fsp3) is 0.500. The van der Waals surface area contributed by atoms with E-state index in [1.54, 1.807) is 4.57 Å². The summed E-state index contributed by atoms with van der Waals surface area (Å²) in [5.74, 6) is -0.481. The average molecular weight is 442 g/mol. The number of nitrogens with zero attached hydrogens (tertiary/aromatic N) is 3. The molecule has 5 N–H and O–H groups in total. The van der Waals surface area contributed by atoms with Crippen LogP contribution in [0.4, 0.5) is 5.95 Å². The molecule has 0 bridgehead atoms. The smallest absolute Gasteiger partial charge is 0.369 e. The molecule has 1 aliphatic heterocycles. The molecule has 0 aromatic carbocycles. The van der Waals surface area contributed by atoms with Gasteiger partial charge in [0.1, 0.15) is 6.23 Å². The minimum absolute atomic E-state index is 0.0218. The van der Waals surface area contributed by atoms with Crippen LogP contribution in [-0.4, -0.2) is 56.2 Å². The van der Waals surface area contributed by atoms with Crippen molar-refractivity contribution in [3.63, 3.8) is 0 Å². The minimum atomic E-state index is -4.32. The Morgan fingerprint density at radius 2 is 2.37 bits per heavy atom. The van der Waals surface area contributed by atoms with Crippen LogP contribution >= 0.6 is 7.82 Å². The maximum absolute atomic E-state index is 12.0. The maximum Gasteiger partial charge on any atom is 0.472 e. The number of phosphoric ester groups is 1. The van der Waals surface area contributed by atoms with E-state index in [4.69, 9.17) is 19.5 Å². The molecule has 4 unspecified atom stereocenters. The molecule has 14 heteroatoms. The number of rotatable bonds is 9. The highest BCUT2D eigenvalue weighted by molar-refractivity contribution is 7.47. The quantitative estimate of drug-likeness (QED) is 0.235. The topological polar surface area (TPSA) is 184 Å². The number of aromatic nitrogens is 4. The van der Waals surface area contributed by atoms with Gasteiger partial charge in [-0.2, -0.15) is 4.98 Å². The van der Waals surface area contributed by atoms with Gasteiger partial charge in [-0.15, -0.1) is 0 Å². The summed E-state index contributed by atoms with van der Waals surface area (Å²) in [6, 6.07) is 0. The van der Waals surface area contributed by atoms with E-state index in [9.17, 15) is 19.0 Å². The molecule has 3 heterocycles. The van der Waals surface area contributed by atoms with Crippen molar-refractivity contribution >= 4 is 30.8 Å². The normalized spacial score (nSPS) is 23.3. The highest BCUT2D eigenvalue weighted by Crippen LogP contribution is 2.44. The number of amides is 1. The lowest BCUT2D eigenvalue weighted by Crippen LogP contribution is -2.25. The molecule has 0 spiro atoms. The summed E-state index contributed by atoms with van der Waals surface area (Å²) in [6.07, 6.45) is 2.04. The average Bonchev–Trinajstić information content (AvgIpc) is 3.26. The molecule has 0 saturated carbocycles. The van der Waals surface area contributed by atoms with Crippen LogP contribution in [0, 0.1) is 5.92 Å². The number of anilines is 1. The first-order valence-electron chi connectivity index (χ1n) is 9.10. The number of phosphoric acid groups is 1. The molecule has 4 atom stereocenters. The number of hydrogen-bond acceptors (Lipinski definition) is 9. The van der Waals surface area contributed by atoms with Crippen molar-refractivity contribution in [2.24, 2.45) is 5.92 Å². The number of imidazole rings is 1. The van der Waals surface area contributed by atoms with E-state index in [1.165, 1.54) is 6.33 Å². The van der Waals surface area contributed by atoms with E-state index in [2.05, 4.69) is 26.8 Å². The highest BCUT2D eigenvalue weighted by Gasteiger charge is 2.36. The highest BCUT2D eigenvalue weighted by atomic mass is 31.2. The predicted molar refractivity (Wildman–Crippen MR) is 105 cm³/mol. The van der Waals surface area contributed by atoms with Crippen molar-refractivity contribution in [2.75, 3.05) is 25.5 Å². The van der Waals surface area contributed by atoms with Crippen molar-refractivity contribution in [1.82, 2.24) is 24.8 Å². The van der Waals surface area contributed by atoms with Crippen LogP contribution in [0.1, 0.15) is 19.6 Å². The Hall–Kier alpha value is -2.57. The summed E-state index contributed by atoms with van der Waals surface area (Å²) in [5, 5.41) is 2.41. The molecule has 0 radical (unpaired) electrons. The third kappa shape index (κ3) is 5.12. The van der Waals surface area contributed by atoms with Crippen LogP contribution in [0.3, 0.4) is 0 Å². The van der Waals surface area contributed by atoms with Crippen molar-refractivity contribution in [1.29, 1.82) is 0 Å². The second kappa shape index (κ2) is 9.06. The molecule has 13 nitrogen and oxygen atoms in total. The largest absolute Gasteiger partial charge is 0.472 e. The molecule has 0 aliphatic carbocycles. The first kappa shape index (κ1) is 22.1. The molecule has 2 aromatic rings. The van der Waals surface area contributed by atoms with Crippen LogP contribution in [-0.2, 0) is 23.1 Å². The zero-order valence-electron chi connectivity index (χ0n) is 16.2. The van der Waals surface area contributed by atoms with E-state index in [0.29, 0.717) is 6.42 Å². The summed E-state index contributed by atoms with van der Waals surface area (Å²) >= 11 is 0. The summed E-state index contributed by atoms with van der Waals surface area (Å²) in [4.78, 5) is 43.3. The van der Waals surface area contributed by atoms with Crippen LogP contribution < -0.4 is 16.6 Å². The number of ether oxygens (including phenoxy) is 1. The number of carbonyl (C=O) groups is 1. The van der Waals surface area contributed by atoms with E-state index in [1.807, 2.05) is 6.92 Å². The molecule has 1 amide bonds. The monoisotopic (exact) mass is 442 g/mol. The van der Waals surface area contributed by atoms with Crippen molar-refractivity contribution < 1.29 is 28.0 Å². The lowest BCUT2D eigenvalue weighted by atomic mass is 10.1. The molecule has 2 aromatic heterocycles. The number of nitrogen functional groups attached to an aromatic ring is 1. The van der Waals surface area contributed by atoms with E-state index in [0.717, 1.165) is 6.08 Å². The van der Waals surface area contributed by atoms with Gasteiger partial charge in [-0.25, -0.2) is 9.55 Å². The van der Waals surface area contributed by atoms with Gasteiger partial charge in [0.25, 0.3) is 5.56 Å². The molecular formula is C16H23N6O7P. The molecule has 164 valence electrons. The van der Waals surface area contributed by atoms with Crippen molar-refractivity contribution in [3.8, 4) is 0 Å². The van der Waals surface area contributed by atoms with Crippen molar-refractivity contribution in [2.45, 2.75) is 25.7 Å². The first-order chi connectivity index (χ1) is 14.2. The Kier molecular flexibility index (Phi) is 6.68. The fourth-order valence-electron chi connectivity index (χ4n) is 3.12. The first-order valence-corrected chi connectivity index (χ1v) is 10.6. The molecule has 3 rings (SSSR count). The van der Waals surface area contributed by atoms with Gasteiger partial charge in [0.15, 0.2) is 11.2 Å². The van der Waals surface area contributed by atoms with E-state index in [-0.39, 0.29) is 42.8 Å². The maximum atomic E-state index is 12.0. The zero-order valence-corrected chi connectivity index (χ0v) is 17.1. The van der Waals surface area contributed by atoms with Gasteiger partial charge in [0.2, 0.25) is 11.9 Å². The Bertz CT molecular complexity index is 1040. The van der Waals surface area contributed by atoms with Gasteiger partial charge in [0, 0.05) is 12.5 Å². The van der Waals surface area contributed by atoms with Gasteiger partial charge in [-0.3, -0.25) is 28.2 Å². The summed E-state index contributed by atoms with van der Waals surface area (Å²) in [5.41, 5.74) is 5.58. The third-order valence-electron chi connectivity index (χ3n) is 4.44. The predicted octanol–water partition coefficient (Wildman–Crippen LogP) is 0.0612. The Balaban J connectivity index is 1.57. The van der Waals surface area contributed by atoms with Gasteiger partial charge >= 0.3 is 7.82 Å². The van der Waals surface area contributed by atoms with Gasteiger partial charge < -0.3 is 20.7 Å². The lowest BCUT2D eigenvalue weighted by molar-refractivity contribution is -0.116. The Morgan fingerprint density at radius 3 is 3.10 bits per heavy atom. The molecule has 30 heavy (non-hydrogen) atoms. The minimum Gasteiger partial charge on any atom is -0.369 e. The Labute approximate surface area is 170 Å². The SMILES string of the molecule is C=CC(=O)NCCOP(=O)(O)OCC1CC(C)C(n2cnc3c(=O)[nH]c(N)nc32)O1. The summed E-state index contributed by atoms with van der Waals surface area (Å²) < 4.78 is 29.3. The van der Waals surface area contributed by atoms with Gasteiger partial charge in [-0.05, 0) is 12.5 Å². The number of H-pyrrole nitrogens is 1. The van der Waals surface area contributed by atoms with E-state index >= 15 is 0 Å². The van der Waals surface area contributed by atoms with Crippen LogP contribution in [0.15, 0.2) is 23.8 Å². The standard InChI is InChI=1S/C16H23N6O7P/c1-3-11(23)18-4-5-27-30(25,26)28-7-10-6-9(2)15(29-10)22-8-19-12-13(22)20-16(17)21-14(12)24/h3,8-10,15H,1,4-7H2,2H3,(H,18,23)(H,25,26)(H3,17,20,21,24). The molecule has 1 aliphatic rings. The van der Waals surface area contributed by atoms with Gasteiger partial charge in [-0.1, -0.05) is 13.5 Å². The molecule has 1 fully saturated rings. The van der Waals surface area contributed by atoms with Crippen LogP contribution in [0.5, 0.6) is 0 Å². The third-order valence-corrected chi connectivity index (χ3v) is 5.43. The zero-order chi connectivity index (χ0) is 21.9. The summed E-state index contributed by atoms with van der Waals surface area (Å²) in [6.45, 7) is 4.85. The number of hydrogen-bond donors (Lipinski definition) is 4. The molecular weight excluding hydrogens is 419 g/mol. The summed E-state index contributed by atoms with van der Waals surface area (Å²) in [7, 11) is -4.32. The lowest BCUT2D eigenvalue weighted by Gasteiger charge is -2.18. The van der Waals surface area contributed by atoms with Crippen LogP contribution in [0.2, 0.25) is 0 Å². The second-order valence-electron chi connectivity index (χ2n) is 6.73. The van der Waals surface area contributed by atoms with Gasteiger partial charge in [0.05, 0.1) is 25.6 Å². The van der Waals surface area contributed by atoms with Crippen molar-refractivity contribution in [3.05, 3.63) is 29.3 Å². The van der Waals surface area contributed by atoms with E-state index < -0.39 is 31.6 Å². The number of fused-ring (bicyclic) bond motifs is 1. The molecule has 1 saturated heterocycles. The number of carbonyl (C=O) groups excluding carboxylic acids is 1. The number of nitrogens with one attached hydrogen (secondary N) is 2. The second-order valence-corrected chi connectivity index (χ2v) is 8.18. The number of aromatic amines is 1.